The van der Waals surface area contributed by atoms with Crippen LogP contribution >= 0.6 is 0 Å². The topological polar surface area (TPSA) is 68.5 Å². The molecule has 0 aliphatic rings. The van der Waals surface area contributed by atoms with Crippen LogP contribution in [-0.4, -0.2) is 23.5 Å². The molecule has 5 nitrogen and oxygen atoms in total. The first-order valence-electron chi connectivity index (χ1n) is 6.34. The Hall–Kier alpha value is -1.78. The van der Waals surface area contributed by atoms with Gasteiger partial charge in [-0.3, -0.25) is 4.79 Å². The summed E-state index contributed by atoms with van der Waals surface area (Å²) in [5.74, 6) is -0.180. The zero-order valence-electron chi connectivity index (χ0n) is 12.1. The number of hydrogen-bond acceptors (Lipinski definition) is 4. The maximum Gasteiger partial charge on any atom is 0.328 e. The zero-order valence-corrected chi connectivity index (χ0v) is 12.1. The second-order valence-corrected chi connectivity index (χ2v) is 5.34. The molecule has 0 unspecified atom stereocenters. The molecule has 19 heavy (non-hydrogen) atoms. The predicted molar refractivity (Wildman–Crippen MR) is 70.9 cm³/mol. The van der Waals surface area contributed by atoms with E-state index in [4.69, 9.17) is 9.15 Å². The van der Waals surface area contributed by atoms with Crippen LogP contribution in [0.1, 0.15) is 50.7 Å². The molecule has 1 heterocycles. The molecule has 0 saturated heterocycles. The van der Waals surface area contributed by atoms with Crippen molar-refractivity contribution in [2.75, 3.05) is 0 Å². The van der Waals surface area contributed by atoms with Crippen LogP contribution in [0.25, 0.3) is 0 Å². The Morgan fingerprint density at radius 1 is 1.42 bits per heavy atom. The van der Waals surface area contributed by atoms with Gasteiger partial charge in [0.2, 0.25) is 0 Å². The van der Waals surface area contributed by atoms with Gasteiger partial charge < -0.3 is 14.5 Å². The smallest absolute Gasteiger partial charge is 0.328 e. The number of furan rings is 1. The van der Waals surface area contributed by atoms with E-state index in [1.807, 2.05) is 6.92 Å². The second kappa shape index (κ2) is 5.91. The van der Waals surface area contributed by atoms with Gasteiger partial charge in [0.25, 0.3) is 5.91 Å². The summed E-state index contributed by atoms with van der Waals surface area (Å²) in [5, 5.41) is 2.61. The molecule has 1 aromatic heterocycles. The molecular weight excluding hydrogens is 246 g/mol. The van der Waals surface area contributed by atoms with Gasteiger partial charge in [0, 0.05) is 6.42 Å². The van der Waals surface area contributed by atoms with Gasteiger partial charge in [-0.1, -0.05) is 6.92 Å². The van der Waals surface area contributed by atoms with E-state index in [-0.39, 0.29) is 5.91 Å². The van der Waals surface area contributed by atoms with Crippen LogP contribution in [0.5, 0.6) is 0 Å². The van der Waals surface area contributed by atoms with Crippen molar-refractivity contribution >= 4 is 11.9 Å². The number of ether oxygens (including phenoxy) is 1. The van der Waals surface area contributed by atoms with Crippen molar-refractivity contribution in [3.63, 3.8) is 0 Å². The zero-order chi connectivity index (χ0) is 14.6. The summed E-state index contributed by atoms with van der Waals surface area (Å²) in [6.07, 6.45) is 2.09. The van der Waals surface area contributed by atoms with E-state index in [0.29, 0.717) is 17.7 Å². The summed E-state index contributed by atoms with van der Waals surface area (Å²) in [6, 6.07) is 0.891. The van der Waals surface area contributed by atoms with E-state index < -0.39 is 17.6 Å². The van der Waals surface area contributed by atoms with Crippen molar-refractivity contribution < 1.29 is 18.7 Å². The van der Waals surface area contributed by atoms with Crippen LogP contribution in [0.15, 0.2) is 16.7 Å². The number of rotatable bonds is 4. The standard InChI is InChI=1S/C14H21NO4/c1-6-11-10(7-8-18-11)12(16)15-9(2)13(17)19-14(3,4)5/h7-9H,6H2,1-5H3,(H,15,16)/t9-/m1/s1. The molecule has 0 aromatic carbocycles. The van der Waals surface area contributed by atoms with E-state index in [1.165, 1.54) is 6.26 Å². The number of hydrogen-bond donors (Lipinski definition) is 1. The fraction of sp³-hybridized carbons (Fsp3) is 0.571. The molecule has 0 aliphatic heterocycles. The highest BCUT2D eigenvalue weighted by molar-refractivity contribution is 5.97. The SMILES string of the molecule is CCc1occc1C(=O)N[C@H](C)C(=O)OC(C)(C)C. The molecule has 0 fully saturated rings. The molecule has 1 amide bonds. The number of carbonyl (C=O) groups excluding carboxylic acids is 2. The van der Waals surface area contributed by atoms with Gasteiger partial charge in [0.1, 0.15) is 17.4 Å². The van der Waals surface area contributed by atoms with Gasteiger partial charge in [-0.25, -0.2) is 4.79 Å². The van der Waals surface area contributed by atoms with Crippen LogP contribution in [0.3, 0.4) is 0 Å². The molecule has 1 atom stereocenters. The minimum atomic E-state index is -0.702. The average molecular weight is 267 g/mol. The number of carbonyl (C=O) groups is 2. The van der Waals surface area contributed by atoms with E-state index in [0.717, 1.165) is 0 Å². The van der Waals surface area contributed by atoms with Gasteiger partial charge in [-0.15, -0.1) is 0 Å². The number of aryl methyl sites for hydroxylation is 1. The number of amides is 1. The summed E-state index contributed by atoms with van der Waals surface area (Å²) in [4.78, 5) is 23.7. The first-order chi connectivity index (χ1) is 8.74. The monoisotopic (exact) mass is 267 g/mol. The molecule has 1 rings (SSSR count). The Morgan fingerprint density at radius 3 is 2.58 bits per heavy atom. The van der Waals surface area contributed by atoms with Crippen molar-refractivity contribution in [3.8, 4) is 0 Å². The third kappa shape index (κ3) is 4.43. The minimum Gasteiger partial charge on any atom is -0.469 e. The van der Waals surface area contributed by atoms with E-state index in [1.54, 1.807) is 33.8 Å². The van der Waals surface area contributed by atoms with Gasteiger partial charge in [0.15, 0.2) is 0 Å². The molecular formula is C14H21NO4. The fourth-order valence-corrected chi connectivity index (χ4v) is 1.54. The van der Waals surface area contributed by atoms with Gasteiger partial charge in [-0.2, -0.15) is 0 Å². The molecule has 0 spiro atoms. The normalized spacial score (nSPS) is 12.9. The predicted octanol–water partition coefficient (Wildman–Crippen LogP) is 2.30. The molecule has 0 radical (unpaired) electrons. The molecule has 0 bridgehead atoms. The van der Waals surface area contributed by atoms with Crippen molar-refractivity contribution in [2.45, 2.75) is 52.7 Å². The number of nitrogens with one attached hydrogen (secondary N) is 1. The Kier molecular flexibility index (Phi) is 4.75. The van der Waals surface area contributed by atoms with E-state index >= 15 is 0 Å². The molecule has 106 valence electrons. The second-order valence-electron chi connectivity index (χ2n) is 5.34. The van der Waals surface area contributed by atoms with Crippen molar-refractivity contribution in [2.24, 2.45) is 0 Å². The third-order valence-corrected chi connectivity index (χ3v) is 2.42. The fourth-order valence-electron chi connectivity index (χ4n) is 1.54. The lowest BCUT2D eigenvalue weighted by Crippen LogP contribution is -2.42. The van der Waals surface area contributed by atoms with Crippen molar-refractivity contribution in [1.82, 2.24) is 5.32 Å². The lowest BCUT2D eigenvalue weighted by atomic mass is 10.1. The van der Waals surface area contributed by atoms with Gasteiger partial charge >= 0.3 is 5.97 Å². The molecule has 1 N–H and O–H groups in total. The summed E-state index contributed by atoms with van der Waals surface area (Å²) in [5.41, 5.74) is -0.113. The third-order valence-electron chi connectivity index (χ3n) is 2.42. The highest BCUT2D eigenvalue weighted by atomic mass is 16.6. The quantitative estimate of drug-likeness (QED) is 0.850. The first kappa shape index (κ1) is 15.3. The summed E-state index contributed by atoms with van der Waals surface area (Å²) in [7, 11) is 0. The molecule has 0 aliphatic carbocycles. The Labute approximate surface area is 113 Å². The summed E-state index contributed by atoms with van der Waals surface area (Å²) >= 11 is 0. The van der Waals surface area contributed by atoms with Crippen molar-refractivity contribution in [3.05, 3.63) is 23.7 Å². The average Bonchev–Trinajstić information content (AvgIpc) is 2.74. The Morgan fingerprint density at radius 2 is 2.05 bits per heavy atom. The summed E-state index contributed by atoms with van der Waals surface area (Å²) < 4.78 is 10.4. The van der Waals surface area contributed by atoms with Crippen LogP contribution < -0.4 is 5.32 Å². The van der Waals surface area contributed by atoms with Crippen LogP contribution in [0.4, 0.5) is 0 Å². The Bertz CT molecular complexity index is 456. The molecule has 1 aromatic rings. The Balaban J connectivity index is 2.64. The van der Waals surface area contributed by atoms with E-state index in [2.05, 4.69) is 5.32 Å². The van der Waals surface area contributed by atoms with Crippen LogP contribution in [-0.2, 0) is 16.0 Å². The van der Waals surface area contributed by atoms with Gasteiger partial charge in [-0.05, 0) is 33.8 Å². The van der Waals surface area contributed by atoms with E-state index in [9.17, 15) is 9.59 Å². The van der Waals surface area contributed by atoms with Crippen LogP contribution in [0, 0.1) is 0 Å². The highest BCUT2D eigenvalue weighted by Gasteiger charge is 2.24. The summed E-state index contributed by atoms with van der Waals surface area (Å²) in [6.45, 7) is 8.84. The lowest BCUT2D eigenvalue weighted by Gasteiger charge is -2.22. The van der Waals surface area contributed by atoms with Crippen molar-refractivity contribution in [1.29, 1.82) is 0 Å². The maximum atomic E-state index is 12.0. The first-order valence-corrected chi connectivity index (χ1v) is 6.34. The van der Waals surface area contributed by atoms with Gasteiger partial charge in [0.05, 0.1) is 11.8 Å². The lowest BCUT2D eigenvalue weighted by molar-refractivity contribution is -0.156. The molecule has 0 saturated carbocycles. The highest BCUT2D eigenvalue weighted by Crippen LogP contribution is 2.12. The number of esters is 1. The molecule has 5 heteroatoms. The largest absolute Gasteiger partial charge is 0.469 e. The minimum absolute atomic E-state index is 0.330. The maximum absolute atomic E-state index is 12.0. The van der Waals surface area contributed by atoms with Crippen LogP contribution in [0.2, 0.25) is 0 Å².